The van der Waals surface area contributed by atoms with Gasteiger partial charge in [-0.3, -0.25) is 14.9 Å². The molecule has 3 rings (SSSR count). The standard InChI is InChI=1S/C18H16N2O4S/c1-24-15-5-2-12(3-6-15)8-9-19-18(21)17-11-13-10-14(20(22)23)4-7-16(13)25-17/h2-7,10-11H,8-9H2,1H3,(H,19,21). The number of non-ortho nitro benzene ring substituents is 1. The maximum atomic E-state index is 12.3. The minimum absolute atomic E-state index is 0.0248. The Morgan fingerprint density at radius 1 is 1.20 bits per heavy atom. The summed E-state index contributed by atoms with van der Waals surface area (Å²) >= 11 is 1.33. The summed E-state index contributed by atoms with van der Waals surface area (Å²) in [4.78, 5) is 23.2. The van der Waals surface area contributed by atoms with Gasteiger partial charge in [-0.05, 0) is 36.2 Å². The van der Waals surface area contributed by atoms with E-state index in [0.717, 1.165) is 16.0 Å². The van der Waals surface area contributed by atoms with E-state index in [1.807, 2.05) is 24.3 Å². The molecular weight excluding hydrogens is 340 g/mol. The van der Waals surface area contributed by atoms with Crippen LogP contribution in [-0.4, -0.2) is 24.5 Å². The summed E-state index contributed by atoms with van der Waals surface area (Å²) in [7, 11) is 1.62. The molecular formula is C18H16N2O4S. The highest BCUT2D eigenvalue weighted by Gasteiger charge is 2.13. The lowest BCUT2D eigenvalue weighted by atomic mass is 10.1. The third-order valence-corrected chi connectivity index (χ3v) is 4.91. The number of methoxy groups -OCH3 is 1. The normalized spacial score (nSPS) is 10.6. The predicted octanol–water partition coefficient (Wildman–Crippen LogP) is 3.79. The highest BCUT2D eigenvalue weighted by Crippen LogP contribution is 2.28. The van der Waals surface area contributed by atoms with Crippen LogP contribution in [0.2, 0.25) is 0 Å². The third-order valence-electron chi connectivity index (χ3n) is 3.79. The Morgan fingerprint density at radius 3 is 2.64 bits per heavy atom. The van der Waals surface area contributed by atoms with Gasteiger partial charge in [0.15, 0.2) is 0 Å². The summed E-state index contributed by atoms with van der Waals surface area (Å²) in [5.74, 6) is 0.629. The average molecular weight is 356 g/mol. The molecule has 1 amide bonds. The lowest BCUT2D eigenvalue weighted by Gasteiger charge is -2.05. The number of rotatable bonds is 6. The number of nitrogens with zero attached hydrogens (tertiary/aromatic N) is 1. The molecule has 1 N–H and O–H groups in total. The van der Waals surface area contributed by atoms with Gasteiger partial charge in [-0.15, -0.1) is 11.3 Å². The van der Waals surface area contributed by atoms with Crippen molar-refractivity contribution >= 4 is 33.0 Å². The Kier molecular flexibility index (Phi) is 4.95. The summed E-state index contributed by atoms with van der Waals surface area (Å²) in [5.41, 5.74) is 1.13. The summed E-state index contributed by atoms with van der Waals surface area (Å²) in [6.45, 7) is 0.513. The second kappa shape index (κ2) is 7.31. The van der Waals surface area contributed by atoms with Gasteiger partial charge in [-0.25, -0.2) is 0 Å². The second-order valence-electron chi connectivity index (χ2n) is 5.44. The molecule has 6 nitrogen and oxygen atoms in total. The van der Waals surface area contributed by atoms with Gasteiger partial charge in [-0.2, -0.15) is 0 Å². The van der Waals surface area contributed by atoms with Gasteiger partial charge in [0, 0.05) is 28.8 Å². The maximum absolute atomic E-state index is 12.3. The summed E-state index contributed by atoms with van der Waals surface area (Å²) in [5, 5.41) is 14.4. The minimum atomic E-state index is -0.439. The maximum Gasteiger partial charge on any atom is 0.270 e. The van der Waals surface area contributed by atoms with Crippen molar-refractivity contribution in [1.82, 2.24) is 5.32 Å². The van der Waals surface area contributed by atoms with Crippen molar-refractivity contribution in [2.24, 2.45) is 0 Å². The smallest absolute Gasteiger partial charge is 0.270 e. The van der Waals surface area contributed by atoms with E-state index in [9.17, 15) is 14.9 Å². The van der Waals surface area contributed by atoms with Gasteiger partial charge in [0.25, 0.3) is 11.6 Å². The topological polar surface area (TPSA) is 81.5 Å². The van der Waals surface area contributed by atoms with Crippen molar-refractivity contribution in [2.75, 3.05) is 13.7 Å². The molecule has 3 aromatic rings. The number of ether oxygens (including phenoxy) is 1. The molecule has 0 aliphatic heterocycles. The van der Waals surface area contributed by atoms with E-state index in [1.165, 1.54) is 23.5 Å². The lowest BCUT2D eigenvalue weighted by Crippen LogP contribution is -2.24. The number of carbonyl (C=O) groups excluding carboxylic acids is 1. The highest BCUT2D eigenvalue weighted by atomic mass is 32.1. The number of hydrogen-bond acceptors (Lipinski definition) is 5. The quantitative estimate of drug-likeness (QED) is 0.538. The predicted molar refractivity (Wildman–Crippen MR) is 97.5 cm³/mol. The molecule has 0 fully saturated rings. The SMILES string of the molecule is COc1ccc(CCNC(=O)c2cc3cc([N+](=O)[O-])ccc3s2)cc1. The highest BCUT2D eigenvalue weighted by molar-refractivity contribution is 7.20. The molecule has 0 saturated heterocycles. The zero-order valence-electron chi connectivity index (χ0n) is 13.5. The molecule has 0 atom stereocenters. The van der Waals surface area contributed by atoms with Gasteiger partial charge in [-0.1, -0.05) is 12.1 Å². The molecule has 1 aromatic heterocycles. The van der Waals surface area contributed by atoms with Crippen molar-refractivity contribution in [2.45, 2.75) is 6.42 Å². The molecule has 0 saturated carbocycles. The van der Waals surface area contributed by atoms with Crippen molar-refractivity contribution < 1.29 is 14.5 Å². The minimum Gasteiger partial charge on any atom is -0.497 e. The molecule has 7 heteroatoms. The van der Waals surface area contributed by atoms with Crippen LogP contribution in [0.4, 0.5) is 5.69 Å². The number of nitro benzene ring substituents is 1. The van der Waals surface area contributed by atoms with Gasteiger partial charge in [0.05, 0.1) is 16.9 Å². The Balaban J connectivity index is 1.62. The molecule has 128 valence electrons. The first-order valence-corrected chi connectivity index (χ1v) is 8.47. The van der Waals surface area contributed by atoms with Gasteiger partial charge >= 0.3 is 0 Å². The molecule has 0 bridgehead atoms. The zero-order valence-corrected chi connectivity index (χ0v) is 14.3. The summed E-state index contributed by atoms with van der Waals surface area (Å²) in [6, 6.07) is 14.0. The van der Waals surface area contributed by atoms with Gasteiger partial charge in [0.2, 0.25) is 0 Å². The number of amides is 1. The van der Waals surface area contributed by atoms with E-state index in [2.05, 4.69) is 5.32 Å². The molecule has 1 heterocycles. The van der Waals surface area contributed by atoms with E-state index in [-0.39, 0.29) is 11.6 Å². The van der Waals surface area contributed by atoms with Crippen molar-refractivity contribution in [3.63, 3.8) is 0 Å². The lowest BCUT2D eigenvalue weighted by molar-refractivity contribution is -0.384. The van der Waals surface area contributed by atoms with Crippen LogP contribution < -0.4 is 10.1 Å². The number of fused-ring (bicyclic) bond motifs is 1. The Morgan fingerprint density at radius 2 is 1.96 bits per heavy atom. The first-order chi connectivity index (χ1) is 12.1. The molecule has 0 aliphatic rings. The van der Waals surface area contributed by atoms with Crippen LogP contribution in [0.5, 0.6) is 5.75 Å². The zero-order chi connectivity index (χ0) is 17.8. The van der Waals surface area contributed by atoms with Crippen LogP contribution in [0.15, 0.2) is 48.5 Å². The Bertz CT molecular complexity index is 918. The van der Waals surface area contributed by atoms with Gasteiger partial charge in [0.1, 0.15) is 5.75 Å². The van der Waals surface area contributed by atoms with Crippen LogP contribution in [0.25, 0.3) is 10.1 Å². The van der Waals surface area contributed by atoms with Gasteiger partial charge < -0.3 is 10.1 Å². The van der Waals surface area contributed by atoms with Crippen LogP contribution in [-0.2, 0) is 6.42 Å². The Labute approximate surface area is 148 Å². The molecule has 25 heavy (non-hydrogen) atoms. The fraction of sp³-hybridized carbons (Fsp3) is 0.167. The monoisotopic (exact) mass is 356 g/mol. The fourth-order valence-corrected chi connectivity index (χ4v) is 3.42. The number of hydrogen-bond donors (Lipinski definition) is 1. The van der Waals surface area contributed by atoms with Crippen molar-refractivity contribution in [3.8, 4) is 5.75 Å². The van der Waals surface area contributed by atoms with E-state index in [1.54, 1.807) is 19.2 Å². The van der Waals surface area contributed by atoms with E-state index < -0.39 is 4.92 Å². The first kappa shape index (κ1) is 16.9. The summed E-state index contributed by atoms with van der Waals surface area (Å²) in [6.07, 6.45) is 0.714. The molecule has 0 aliphatic carbocycles. The summed E-state index contributed by atoms with van der Waals surface area (Å²) < 4.78 is 5.96. The van der Waals surface area contributed by atoms with Crippen molar-refractivity contribution in [1.29, 1.82) is 0 Å². The van der Waals surface area contributed by atoms with Crippen LogP contribution in [0, 0.1) is 10.1 Å². The second-order valence-corrected chi connectivity index (χ2v) is 6.53. The van der Waals surface area contributed by atoms with E-state index in [0.29, 0.717) is 23.2 Å². The van der Waals surface area contributed by atoms with E-state index >= 15 is 0 Å². The number of nitrogens with one attached hydrogen (secondary N) is 1. The molecule has 0 unspecified atom stereocenters. The number of nitro groups is 1. The fourth-order valence-electron chi connectivity index (χ4n) is 2.46. The number of benzene rings is 2. The average Bonchev–Trinajstić information content (AvgIpc) is 3.05. The number of thiophene rings is 1. The van der Waals surface area contributed by atoms with Crippen LogP contribution in [0.3, 0.4) is 0 Å². The Hall–Kier alpha value is -2.93. The third kappa shape index (κ3) is 3.95. The van der Waals surface area contributed by atoms with Crippen LogP contribution in [0.1, 0.15) is 15.2 Å². The number of carbonyl (C=O) groups is 1. The largest absolute Gasteiger partial charge is 0.497 e. The molecule has 0 radical (unpaired) electrons. The van der Waals surface area contributed by atoms with Crippen molar-refractivity contribution in [3.05, 3.63) is 69.1 Å². The van der Waals surface area contributed by atoms with Crippen LogP contribution >= 0.6 is 11.3 Å². The first-order valence-electron chi connectivity index (χ1n) is 7.66. The molecule has 2 aromatic carbocycles. The molecule has 0 spiro atoms. The van der Waals surface area contributed by atoms with E-state index in [4.69, 9.17) is 4.74 Å².